The summed E-state index contributed by atoms with van der Waals surface area (Å²) in [5.74, 6) is 0.537. The molecule has 21 heavy (non-hydrogen) atoms. The van der Waals surface area contributed by atoms with Crippen molar-refractivity contribution in [2.75, 3.05) is 0 Å². The summed E-state index contributed by atoms with van der Waals surface area (Å²) in [6, 6.07) is 9.59. The maximum absolute atomic E-state index is 11.3. The van der Waals surface area contributed by atoms with E-state index in [1.165, 1.54) is 12.1 Å². The molecule has 112 valence electrons. The maximum atomic E-state index is 11.3. The quantitative estimate of drug-likeness (QED) is 0.730. The predicted octanol–water partition coefficient (Wildman–Crippen LogP) is 4.81. The van der Waals surface area contributed by atoms with Gasteiger partial charge in [0.25, 0.3) is 9.05 Å². The van der Waals surface area contributed by atoms with Gasteiger partial charge < -0.3 is 4.74 Å². The van der Waals surface area contributed by atoms with E-state index in [2.05, 4.69) is 0 Å². The van der Waals surface area contributed by atoms with Crippen LogP contribution in [0.2, 0.25) is 10.0 Å². The minimum absolute atomic E-state index is 0.0322. The molecule has 0 saturated heterocycles. The molecule has 0 aliphatic carbocycles. The molecule has 0 aliphatic rings. The molecule has 2 rings (SSSR count). The van der Waals surface area contributed by atoms with Crippen LogP contribution in [-0.4, -0.2) is 8.42 Å². The lowest BCUT2D eigenvalue weighted by atomic mass is 10.2. The van der Waals surface area contributed by atoms with Crippen LogP contribution in [-0.2, 0) is 15.7 Å². The highest BCUT2D eigenvalue weighted by molar-refractivity contribution is 8.13. The molecule has 0 aromatic heterocycles. The Hall–Kier alpha value is -0.940. The number of hydrogen-bond acceptors (Lipinski definition) is 3. The first-order chi connectivity index (χ1) is 9.79. The SMILES string of the molecule is Cc1cc(S(=O)(=O)Cl)ccc1OCc1c(Cl)cccc1Cl. The molecule has 0 unspecified atom stereocenters. The molecule has 0 N–H and O–H groups in total. The zero-order valence-corrected chi connectivity index (χ0v) is 14.0. The van der Waals surface area contributed by atoms with Crippen molar-refractivity contribution < 1.29 is 13.2 Å². The average molecular weight is 366 g/mol. The molecular weight excluding hydrogens is 355 g/mol. The first-order valence-corrected chi connectivity index (χ1v) is 8.96. The monoisotopic (exact) mass is 364 g/mol. The lowest BCUT2D eigenvalue weighted by Gasteiger charge is -2.12. The number of halogens is 3. The summed E-state index contributed by atoms with van der Waals surface area (Å²) in [7, 11) is 1.55. The molecule has 3 nitrogen and oxygen atoms in total. The molecule has 0 radical (unpaired) electrons. The van der Waals surface area contributed by atoms with Gasteiger partial charge >= 0.3 is 0 Å². The second-order valence-electron chi connectivity index (χ2n) is 4.35. The van der Waals surface area contributed by atoms with Gasteiger partial charge in [-0.05, 0) is 42.8 Å². The summed E-state index contributed by atoms with van der Waals surface area (Å²) in [5.41, 5.74) is 1.33. The Morgan fingerprint density at radius 3 is 2.24 bits per heavy atom. The number of aryl methyl sites for hydroxylation is 1. The van der Waals surface area contributed by atoms with Gasteiger partial charge in [-0.25, -0.2) is 8.42 Å². The van der Waals surface area contributed by atoms with Crippen molar-refractivity contribution in [2.24, 2.45) is 0 Å². The molecule has 0 aliphatic heterocycles. The van der Waals surface area contributed by atoms with E-state index in [1.807, 2.05) is 0 Å². The highest BCUT2D eigenvalue weighted by Gasteiger charge is 2.13. The van der Waals surface area contributed by atoms with Gasteiger partial charge in [0.2, 0.25) is 0 Å². The van der Waals surface area contributed by atoms with Gasteiger partial charge in [-0.15, -0.1) is 0 Å². The molecular formula is C14H11Cl3O3S. The van der Waals surface area contributed by atoms with E-state index in [4.69, 9.17) is 38.6 Å². The predicted molar refractivity (Wildman–Crippen MR) is 85.0 cm³/mol. The van der Waals surface area contributed by atoms with Crippen LogP contribution in [0.25, 0.3) is 0 Å². The Bertz CT molecular complexity index is 753. The normalized spacial score (nSPS) is 11.4. The highest BCUT2D eigenvalue weighted by Crippen LogP contribution is 2.28. The minimum Gasteiger partial charge on any atom is -0.489 e. The highest BCUT2D eigenvalue weighted by atomic mass is 35.7. The van der Waals surface area contributed by atoms with E-state index in [1.54, 1.807) is 31.2 Å². The largest absolute Gasteiger partial charge is 0.489 e. The Morgan fingerprint density at radius 2 is 1.71 bits per heavy atom. The lowest BCUT2D eigenvalue weighted by Crippen LogP contribution is -2.00. The summed E-state index contributed by atoms with van der Waals surface area (Å²) in [5, 5.41) is 1.03. The molecule has 0 saturated carbocycles. The third-order valence-electron chi connectivity index (χ3n) is 2.86. The summed E-state index contributed by atoms with van der Waals surface area (Å²) >= 11 is 12.1. The fraction of sp³-hybridized carbons (Fsp3) is 0.143. The van der Waals surface area contributed by atoms with Crippen LogP contribution in [0.5, 0.6) is 5.75 Å². The average Bonchev–Trinajstić information content (AvgIpc) is 2.38. The topological polar surface area (TPSA) is 43.4 Å². The van der Waals surface area contributed by atoms with Crippen LogP contribution < -0.4 is 4.74 Å². The van der Waals surface area contributed by atoms with E-state index in [0.717, 1.165) is 0 Å². The van der Waals surface area contributed by atoms with Crippen LogP contribution >= 0.6 is 33.9 Å². The fourth-order valence-corrected chi connectivity index (χ4v) is 3.10. The molecule has 0 bridgehead atoms. The molecule has 0 fully saturated rings. The molecule has 0 amide bonds. The van der Waals surface area contributed by atoms with Crippen molar-refractivity contribution in [3.05, 3.63) is 57.6 Å². The van der Waals surface area contributed by atoms with Gasteiger partial charge in [-0.1, -0.05) is 29.3 Å². The second kappa shape index (κ2) is 6.44. The van der Waals surface area contributed by atoms with E-state index < -0.39 is 9.05 Å². The summed E-state index contributed by atoms with van der Waals surface area (Å²) in [4.78, 5) is 0.0322. The molecule has 2 aromatic rings. The Labute approximate surface area is 137 Å². The third kappa shape index (κ3) is 4.04. The zero-order valence-electron chi connectivity index (χ0n) is 10.9. The van der Waals surface area contributed by atoms with Crippen LogP contribution in [0.3, 0.4) is 0 Å². The number of benzene rings is 2. The van der Waals surface area contributed by atoms with Gasteiger partial charge in [0.1, 0.15) is 12.4 Å². The zero-order chi connectivity index (χ0) is 15.6. The van der Waals surface area contributed by atoms with E-state index in [-0.39, 0.29) is 11.5 Å². The third-order valence-corrected chi connectivity index (χ3v) is 4.92. The van der Waals surface area contributed by atoms with Crippen molar-refractivity contribution in [1.29, 1.82) is 0 Å². The lowest BCUT2D eigenvalue weighted by molar-refractivity contribution is 0.304. The Morgan fingerprint density at radius 1 is 1.10 bits per heavy atom. The fourth-order valence-electron chi connectivity index (χ4n) is 1.76. The van der Waals surface area contributed by atoms with Gasteiger partial charge in [-0.2, -0.15) is 0 Å². The second-order valence-corrected chi connectivity index (χ2v) is 7.73. The number of hydrogen-bond donors (Lipinski definition) is 0. The minimum atomic E-state index is -3.75. The summed E-state index contributed by atoms with van der Waals surface area (Å²) in [6.45, 7) is 1.92. The van der Waals surface area contributed by atoms with Gasteiger partial charge in [0.15, 0.2) is 0 Å². The maximum Gasteiger partial charge on any atom is 0.261 e. The van der Waals surface area contributed by atoms with E-state index in [0.29, 0.717) is 26.9 Å². The molecule has 0 spiro atoms. The van der Waals surface area contributed by atoms with Gasteiger partial charge in [0.05, 0.1) is 4.90 Å². The van der Waals surface area contributed by atoms with Gasteiger partial charge in [0, 0.05) is 26.3 Å². The Kier molecular flexibility index (Phi) is 5.04. The van der Waals surface area contributed by atoms with E-state index in [9.17, 15) is 8.42 Å². The smallest absolute Gasteiger partial charge is 0.261 e. The Balaban J connectivity index is 2.22. The van der Waals surface area contributed by atoms with Crippen molar-refractivity contribution in [3.8, 4) is 5.75 Å². The van der Waals surface area contributed by atoms with Crippen LogP contribution in [0.4, 0.5) is 0 Å². The van der Waals surface area contributed by atoms with Crippen molar-refractivity contribution >= 4 is 42.9 Å². The van der Waals surface area contributed by atoms with E-state index >= 15 is 0 Å². The first-order valence-electron chi connectivity index (χ1n) is 5.90. The molecule has 2 aromatic carbocycles. The van der Waals surface area contributed by atoms with Crippen LogP contribution in [0.15, 0.2) is 41.3 Å². The summed E-state index contributed by atoms with van der Waals surface area (Å²) < 4.78 is 28.2. The van der Waals surface area contributed by atoms with Crippen molar-refractivity contribution in [2.45, 2.75) is 18.4 Å². The summed E-state index contributed by atoms with van der Waals surface area (Å²) in [6.07, 6.45) is 0. The van der Waals surface area contributed by atoms with Gasteiger partial charge in [-0.3, -0.25) is 0 Å². The number of ether oxygens (including phenoxy) is 1. The van der Waals surface area contributed by atoms with Crippen LogP contribution in [0, 0.1) is 6.92 Å². The molecule has 7 heteroatoms. The van der Waals surface area contributed by atoms with Crippen molar-refractivity contribution in [1.82, 2.24) is 0 Å². The van der Waals surface area contributed by atoms with Crippen LogP contribution in [0.1, 0.15) is 11.1 Å². The molecule has 0 heterocycles. The molecule has 0 atom stereocenters. The standard InChI is InChI=1S/C14H11Cl3O3S/c1-9-7-10(21(17,18)19)5-6-14(9)20-8-11-12(15)3-2-4-13(11)16/h2-7H,8H2,1H3. The number of rotatable bonds is 4. The van der Waals surface area contributed by atoms with Crippen molar-refractivity contribution in [3.63, 3.8) is 0 Å². The first kappa shape index (κ1) is 16.4.